The Kier molecular flexibility index (Phi) is 4.94. The molecule has 2 aromatic carbocycles. The van der Waals surface area contributed by atoms with E-state index >= 15 is 0 Å². The monoisotopic (exact) mass is 411 g/mol. The molecule has 0 saturated heterocycles. The molecule has 3 aromatic rings. The van der Waals surface area contributed by atoms with E-state index in [9.17, 15) is 9.50 Å². The van der Waals surface area contributed by atoms with E-state index in [1.165, 1.54) is 23.5 Å². The van der Waals surface area contributed by atoms with Crippen molar-refractivity contribution in [3.05, 3.63) is 64.4 Å². The van der Waals surface area contributed by atoms with Crippen molar-refractivity contribution in [2.45, 2.75) is 0 Å². The average molecular weight is 411 g/mol. The summed E-state index contributed by atoms with van der Waals surface area (Å²) in [6.45, 7) is 0.149. The Balaban J connectivity index is 1.64. The van der Waals surface area contributed by atoms with Gasteiger partial charge in [0.05, 0.1) is 37.7 Å². The SMILES string of the molecule is COc1cc(OC)cc(N2CC(O)=C(c3nc(-c4ccc(F)cc4)cs3)C2=N)c1. The third-order valence-corrected chi connectivity index (χ3v) is 5.47. The van der Waals surface area contributed by atoms with Gasteiger partial charge >= 0.3 is 0 Å². The zero-order valence-corrected chi connectivity index (χ0v) is 16.6. The number of amidine groups is 1. The lowest BCUT2D eigenvalue weighted by atomic mass is 10.2. The summed E-state index contributed by atoms with van der Waals surface area (Å²) in [5.41, 5.74) is 2.49. The van der Waals surface area contributed by atoms with Crippen LogP contribution in [0.15, 0.2) is 53.6 Å². The highest BCUT2D eigenvalue weighted by Gasteiger charge is 2.31. The number of hydrogen-bond acceptors (Lipinski definition) is 6. The molecule has 148 valence electrons. The number of ether oxygens (including phenoxy) is 2. The fourth-order valence-corrected chi connectivity index (χ4v) is 4.01. The third-order valence-electron chi connectivity index (χ3n) is 4.61. The number of aliphatic hydroxyl groups excluding tert-OH is 1. The molecule has 1 aliphatic rings. The molecule has 1 aromatic heterocycles. The second kappa shape index (κ2) is 7.56. The van der Waals surface area contributed by atoms with Crippen LogP contribution in [0.4, 0.5) is 10.1 Å². The van der Waals surface area contributed by atoms with Gasteiger partial charge in [0.2, 0.25) is 0 Å². The Bertz CT molecular complexity index is 1090. The van der Waals surface area contributed by atoms with Gasteiger partial charge in [-0.2, -0.15) is 0 Å². The van der Waals surface area contributed by atoms with Crippen molar-refractivity contribution >= 4 is 28.4 Å². The van der Waals surface area contributed by atoms with Gasteiger partial charge in [-0.15, -0.1) is 11.3 Å². The largest absolute Gasteiger partial charge is 0.510 e. The van der Waals surface area contributed by atoms with Gasteiger partial charge in [0, 0.05) is 29.1 Å². The molecule has 0 fully saturated rings. The molecule has 0 aliphatic carbocycles. The van der Waals surface area contributed by atoms with Crippen molar-refractivity contribution in [2.24, 2.45) is 0 Å². The molecule has 1 aliphatic heterocycles. The number of benzene rings is 2. The van der Waals surface area contributed by atoms with Crippen molar-refractivity contribution in [3.8, 4) is 22.8 Å². The zero-order chi connectivity index (χ0) is 20.5. The standard InChI is InChI=1S/C21H18FN3O3S/c1-27-15-7-14(8-16(9-15)28-2)25-10-18(26)19(20(25)23)21-24-17(11-29-21)12-3-5-13(22)6-4-12/h3-9,11,23,26H,10H2,1-2H3. The number of anilines is 1. The van der Waals surface area contributed by atoms with Crippen LogP contribution in [0.2, 0.25) is 0 Å². The van der Waals surface area contributed by atoms with Crippen molar-refractivity contribution in [1.82, 2.24) is 4.98 Å². The number of halogens is 1. The Morgan fingerprint density at radius 1 is 1.10 bits per heavy atom. The first kappa shape index (κ1) is 18.9. The normalized spacial score (nSPS) is 13.9. The number of rotatable bonds is 5. The Labute approximate surface area is 171 Å². The molecule has 2 N–H and O–H groups in total. The van der Waals surface area contributed by atoms with E-state index in [1.54, 1.807) is 49.5 Å². The highest BCUT2D eigenvalue weighted by atomic mass is 32.1. The number of aromatic nitrogens is 1. The lowest BCUT2D eigenvalue weighted by Gasteiger charge is -2.20. The van der Waals surface area contributed by atoms with Crippen molar-refractivity contribution < 1.29 is 19.0 Å². The highest BCUT2D eigenvalue weighted by Crippen LogP contribution is 2.36. The van der Waals surface area contributed by atoms with Crippen LogP contribution in [0.5, 0.6) is 11.5 Å². The maximum atomic E-state index is 13.2. The molecule has 0 radical (unpaired) electrons. The molecule has 0 amide bonds. The summed E-state index contributed by atoms with van der Waals surface area (Å²) < 4.78 is 23.8. The van der Waals surface area contributed by atoms with Gasteiger partial charge in [-0.1, -0.05) is 0 Å². The summed E-state index contributed by atoms with van der Waals surface area (Å²) in [4.78, 5) is 6.21. The van der Waals surface area contributed by atoms with Crippen LogP contribution in [0, 0.1) is 11.2 Å². The minimum Gasteiger partial charge on any atom is -0.510 e. The van der Waals surface area contributed by atoms with E-state index in [4.69, 9.17) is 14.9 Å². The lowest BCUT2D eigenvalue weighted by Crippen LogP contribution is -2.26. The van der Waals surface area contributed by atoms with Gasteiger partial charge in [-0.25, -0.2) is 9.37 Å². The summed E-state index contributed by atoms with van der Waals surface area (Å²) in [7, 11) is 3.11. The first-order chi connectivity index (χ1) is 14.0. The smallest absolute Gasteiger partial charge is 0.139 e. The molecule has 6 nitrogen and oxygen atoms in total. The van der Waals surface area contributed by atoms with Crippen LogP contribution in [0.25, 0.3) is 16.8 Å². The molecule has 0 unspecified atom stereocenters. The van der Waals surface area contributed by atoms with Gasteiger partial charge in [-0.05, 0) is 24.3 Å². The van der Waals surface area contributed by atoms with Crippen LogP contribution in [0.3, 0.4) is 0 Å². The fourth-order valence-electron chi connectivity index (χ4n) is 3.11. The molecule has 2 heterocycles. The molecule has 0 saturated carbocycles. The number of hydrogen-bond donors (Lipinski definition) is 2. The van der Waals surface area contributed by atoms with Crippen molar-refractivity contribution in [3.63, 3.8) is 0 Å². The minimum absolute atomic E-state index is 0.0665. The average Bonchev–Trinajstić information content (AvgIpc) is 3.32. The van der Waals surface area contributed by atoms with E-state index in [2.05, 4.69) is 4.98 Å². The van der Waals surface area contributed by atoms with Crippen LogP contribution >= 0.6 is 11.3 Å². The van der Waals surface area contributed by atoms with Gasteiger partial charge in [0.25, 0.3) is 0 Å². The summed E-state index contributed by atoms with van der Waals surface area (Å²) >= 11 is 1.33. The van der Waals surface area contributed by atoms with E-state index in [0.29, 0.717) is 33.5 Å². The second-order valence-corrected chi connectivity index (χ2v) is 7.23. The van der Waals surface area contributed by atoms with Crippen molar-refractivity contribution in [2.75, 3.05) is 25.7 Å². The summed E-state index contributed by atoms with van der Waals surface area (Å²) in [6.07, 6.45) is 0. The zero-order valence-electron chi connectivity index (χ0n) is 15.8. The molecule has 0 atom stereocenters. The van der Waals surface area contributed by atoms with Crippen LogP contribution < -0.4 is 14.4 Å². The molecular weight excluding hydrogens is 393 g/mol. The topological polar surface area (TPSA) is 78.7 Å². The second-order valence-electron chi connectivity index (χ2n) is 6.37. The van der Waals surface area contributed by atoms with Crippen LogP contribution in [-0.4, -0.2) is 36.7 Å². The maximum absolute atomic E-state index is 13.2. The van der Waals surface area contributed by atoms with Gasteiger partial charge in [-0.3, -0.25) is 5.41 Å². The molecule has 8 heteroatoms. The Morgan fingerprint density at radius 2 is 1.76 bits per heavy atom. The number of nitrogens with one attached hydrogen (secondary N) is 1. The van der Waals surface area contributed by atoms with Gasteiger partial charge in [0.15, 0.2) is 0 Å². The van der Waals surface area contributed by atoms with E-state index in [0.717, 1.165) is 5.56 Å². The summed E-state index contributed by atoms with van der Waals surface area (Å²) in [6, 6.07) is 11.3. The number of aliphatic hydroxyl groups is 1. The predicted octanol–water partition coefficient (Wildman–Crippen LogP) is 4.73. The Morgan fingerprint density at radius 3 is 2.38 bits per heavy atom. The predicted molar refractivity (Wildman–Crippen MR) is 112 cm³/mol. The third kappa shape index (κ3) is 3.54. The Hall–Kier alpha value is -3.39. The number of thiazole rings is 1. The van der Waals surface area contributed by atoms with Crippen LogP contribution in [-0.2, 0) is 0 Å². The first-order valence-corrected chi connectivity index (χ1v) is 9.61. The molecular formula is C21H18FN3O3S. The van der Waals surface area contributed by atoms with Gasteiger partial charge in [0.1, 0.15) is 33.9 Å². The molecule has 0 spiro atoms. The molecule has 0 bridgehead atoms. The first-order valence-electron chi connectivity index (χ1n) is 8.73. The fraction of sp³-hybridized carbons (Fsp3) is 0.143. The van der Waals surface area contributed by atoms with E-state index in [-0.39, 0.29) is 24.0 Å². The maximum Gasteiger partial charge on any atom is 0.139 e. The summed E-state index contributed by atoms with van der Waals surface area (Å²) in [5, 5.41) is 21.5. The minimum atomic E-state index is -0.313. The quantitative estimate of drug-likeness (QED) is 0.634. The van der Waals surface area contributed by atoms with Crippen LogP contribution in [0.1, 0.15) is 5.01 Å². The number of nitrogens with zero attached hydrogens (tertiary/aromatic N) is 2. The van der Waals surface area contributed by atoms with Crippen molar-refractivity contribution in [1.29, 1.82) is 5.41 Å². The highest BCUT2D eigenvalue weighted by molar-refractivity contribution is 7.11. The number of methoxy groups -OCH3 is 2. The van der Waals surface area contributed by atoms with E-state index < -0.39 is 0 Å². The molecule has 29 heavy (non-hydrogen) atoms. The summed E-state index contributed by atoms with van der Waals surface area (Å²) in [5.74, 6) is 1.07. The molecule has 4 rings (SSSR count). The van der Waals surface area contributed by atoms with E-state index in [1.807, 2.05) is 5.38 Å². The lowest BCUT2D eigenvalue weighted by molar-refractivity contribution is 0.394. The van der Waals surface area contributed by atoms with Gasteiger partial charge < -0.3 is 19.5 Å².